The normalized spacial score (nSPS) is 18.2. The van der Waals surface area contributed by atoms with E-state index in [9.17, 15) is 18.8 Å². The number of aromatic nitrogens is 3. The number of nitrogens with one attached hydrogen (secondary N) is 4. The largest absolute Gasteiger partial charge is 0.482 e. The molecule has 2 fully saturated rings. The summed E-state index contributed by atoms with van der Waals surface area (Å²) >= 11 is 0. The summed E-state index contributed by atoms with van der Waals surface area (Å²) in [5.74, 6) is -1.45. The molecular weight excluding hydrogens is 569 g/mol. The van der Waals surface area contributed by atoms with Crippen molar-refractivity contribution < 1.29 is 28.6 Å². The van der Waals surface area contributed by atoms with Gasteiger partial charge in [0.25, 0.3) is 11.8 Å². The Labute approximate surface area is 245 Å². The van der Waals surface area contributed by atoms with Gasteiger partial charge in [0, 0.05) is 43.6 Å². The number of anilines is 2. The SMILES string of the molecule is Cl.Fc1cccc(N2C[C@@H]3C[C@H]2CN3)c1.O=C1COc2ccc(CNC(=O)c3ncnc4c(C(=O)O)c[nH]c34)cc2N1. The summed E-state index contributed by atoms with van der Waals surface area (Å²) in [6.45, 7) is 2.22. The fourth-order valence-electron chi connectivity index (χ4n) is 5.31. The Balaban J connectivity index is 0.000000197. The maximum atomic E-state index is 13.0. The fraction of sp³-hybridized carbons (Fsp3) is 0.250. The number of H-pyrrole nitrogens is 1. The second kappa shape index (κ2) is 12.0. The zero-order chi connectivity index (χ0) is 28.5. The number of carboxylic acids is 1. The number of ether oxygens (including phenoxy) is 1. The summed E-state index contributed by atoms with van der Waals surface area (Å²) in [7, 11) is 0. The number of amides is 2. The zero-order valence-corrected chi connectivity index (χ0v) is 22.9. The molecule has 5 heterocycles. The number of fused-ring (bicyclic) bond motifs is 4. The first kappa shape index (κ1) is 28.8. The predicted molar refractivity (Wildman–Crippen MR) is 154 cm³/mol. The highest BCUT2D eigenvalue weighted by atomic mass is 35.5. The summed E-state index contributed by atoms with van der Waals surface area (Å²) in [5.41, 5.74) is 2.73. The van der Waals surface area contributed by atoms with Crippen LogP contribution in [-0.4, -0.2) is 69.6 Å². The van der Waals surface area contributed by atoms with Crippen molar-refractivity contribution >= 4 is 52.6 Å². The Kier molecular flexibility index (Phi) is 8.22. The molecule has 2 bridgehead atoms. The molecule has 12 nitrogen and oxygen atoms in total. The summed E-state index contributed by atoms with van der Waals surface area (Å²) in [6.07, 6.45) is 3.62. The lowest BCUT2D eigenvalue weighted by molar-refractivity contribution is -0.118. The number of carbonyl (C=O) groups is 3. The molecule has 2 aromatic carbocycles. The van der Waals surface area contributed by atoms with Crippen molar-refractivity contribution in [3.8, 4) is 5.75 Å². The van der Waals surface area contributed by atoms with E-state index < -0.39 is 11.9 Å². The van der Waals surface area contributed by atoms with E-state index in [1.807, 2.05) is 6.07 Å². The molecule has 2 aromatic heterocycles. The number of carbonyl (C=O) groups excluding carboxylic acids is 2. The van der Waals surface area contributed by atoms with Crippen molar-refractivity contribution in [2.45, 2.75) is 25.0 Å². The number of benzene rings is 2. The van der Waals surface area contributed by atoms with Crippen LogP contribution in [0.5, 0.6) is 5.75 Å². The van der Waals surface area contributed by atoms with Crippen LogP contribution in [0.15, 0.2) is 55.0 Å². The van der Waals surface area contributed by atoms with Gasteiger partial charge < -0.3 is 35.7 Å². The highest BCUT2D eigenvalue weighted by Crippen LogP contribution is 2.30. The van der Waals surface area contributed by atoms with Crippen LogP contribution in [0.2, 0.25) is 0 Å². The molecule has 5 N–H and O–H groups in total. The molecule has 4 aromatic rings. The van der Waals surface area contributed by atoms with Crippen molar-refractivity contribution in [2.75, 3.05) is 29.9 Å². The molecule has 218 valence electrons. The highest BCUT2D eigenvalue weighted by Gasteiger charge is 2.37. The molecule has 42 heavy (non-hydrogen) atoms. The first-order valence-electron chi connectivity index (χ1n) is 13.0. The van der Waals surface area contributed by atoms with Crippen LogP contribution in [0, 0.1) is 5.82 Å². The number of carboxylic acid groups (broad SMARTS) is 1. The number of piperazine rings is 1. The number of aromatic amines is 1. The monoisotopic (exact) mass is 595 g/mol. The van der Waals surface area contributed by atoms with E-state index in [1.54, 1.807) is 30.3 Å². The minimum Gasteiger partial charge on any atom is -0.482 e. The molecule has 7 rings (SSSR count). The van der Waals surface area contributed by atoms with Crippen LogP contribution in [0.1, 0.15) is 32.8 Å². The van der Waals surface area contributed by atoms with Gasteiger partial charge in [0.15, 0.2) is 12.3 Å². The Bertz CT molecular complexity index is 1660. The second-order valence-corrected chi connectivity index (χ2v) is 9.93. The molecule has 3 aliphatic heterocycles. The standard InChI is InChI=1S/C17H13N5O5.C11H13FN2.ClH/c23-12-6-27-11-2-1-8(3-10(11)22-12)4-19-16(24)15-14-13(20-7-21-15)9(5-18-14)17(25)26;12-8-2-1-3-10(4-8)14-7-9-5-11(14)6-13-9;/h1-3,5,7,18H,4,6H2,(H,19,24)(H,22,23)(H,25,26);1-4,9,11,13H,5-7H2;1H/t;9-,11-;/m.0./s1. The second-order valence-electron chi connectivity index (χ2n) is 9.93. The third-order valence-electron chi connectivity index (χ3n) is 7.24. The van der Waals surface area contributed by atoms with Gasteiger partial charge in [-0.1, -0.05) is 12.1 Å². The van der Waals surface area contributed by atoms with Crippen molar-refractivity contribution in [2.24, 2.45) is 0 Å². The van der Waals surface area contributed by atoms with Gasteiger partial charge in [0.1, 0.15) is 29.0 Å². The lowest BCUT2D eigenvalue weighted by atomic mass is 10.1. The molecule has 3 aliphatic rings. The number of aromatic carboxylic acids is 1. The molecule has 2 atom stereocenters. The number of halogens is 2. The van der Waals surface area contributed by atoms with Crippen LogP contribution in [-0.2, 0) is 11.3 Å². The average molecular weight is 596 g/mol. The minimum absolute atomic E-state index is 0. The lowest BCUT2D eigenvalue weighted by Crippen LogP contribution is -2.43. The summed E-state index contributed by atoms with van der Waals surface area (Å²) in [6, 6.07) is 13.3. The third-order valence-corrected chi connectivity index (χ3v) is 7.24. The van der Waals surface area contributed by atoms with Gasteiger partial charge in [0.2, 0.25) is 0 Å². The van der Waals surface area contributed by atoms with Gasteiger partial charge in [-0.2, -0.15) is 0 Å². The van der Waals surface area contributed by atoms with E-state index in [4.69, 9.17) is 9.84 Å². The fourth-order valence-corrected chi connectivity index (χ4v) is 5.31. The van der Waals surface area contributed by atoms with Crippen LogP contribution >= 0.6 is 12.4 Å². The molecule has 0 aliphatic carbocycles. The van der Waals surface area contributed by atoms with Gasteiger partial charge in [-0.05, 0) is 42.3 Å². The molecular formula is C28H27ClFN7O5. The van der Waals surface area contributed by atoms with Gasteiger partial charge in [-0.15, -0.1) is 12.4 Å². The topological polar surface area (TPSA) is 162 Å². The lowest BCUT2D eigenvalue weighted by Gasteiger charge is -2.29. The van der Waals surface area contributed by atoms with Crippen molar-refractivity contribution in [1.29, 1.82) is 0 Å². The smallest absolute Gasteiger partial charge is 0.339 e. The summed E-state index contributed by atoms with van der Waals surface area (Å²) in [5, 5.41) is 18.0. The van der Waals surface area contributed by atoms with E-state index in [1.165, 1.54) is 18.7 Å². The van der Waals surface area contributed by atoms with Gasteiger partial charge in [0.05, 0.1) is 11.2 Å². The Morgan fingerprint density at radius 3 is 2.79 bits per heavy atom. The zero-order valence-electron chi connectivity index (χ0n) is 22.1. The molecule has 2 amide bonds. The van der Waals surface area contributed by atoms with Crippen LogP contribution < -0.4 is 25.6 Å². The predicted octanol–water partition coefficient (Wildman–Crippen LogP) is 2.71. The molecule has 0 unspecified atom stereocenters. The summed E-state index contributed by atoms with van der Waals surface area (Å²) < 4.78 is 18.3. The maximum Gasteiger partial charge on any atom is 0.339 e. The van der Waals surface area contributed by atoms with Gasteiger partial charge in [-0.25, -0.2) is 19.2 Å². The number of rotatable bonds is 5. The van der Waals surface area contributed by atoms with E-state index in [0.29, 0.717) is 23.5 Å². The van der Waals surface area contributed by atoms with Crippen LogP contribution in [0.25, 0.3) is 11.0 Å². The van der Waals surface area contributed by atoms with Crippen molar-refractivity contribution in [3.05, 3.63) is 77.6 Å². The van der Waals surface area contributed by atoms with Gasteiger partial charge in [-0.3, -0.25) is 9.59 Å². The molecule has 14 heteroatoms. The minimum atomic E-state index is -1.15. The van der Waals surface area contributed by atoms with E-state index >= 15 is 0 Å². The number of hydrogen-bond donors (Lipinski definition) is 5. The number of nitrogens with zero attached hydrogens (tertiary/aromatic N) is 3. The van der Waals surface area contributed by atoms with Crippen molar-refractivity contribution in [3.63, 3.8) is 0 Å². The van der Waals surface area contributed by atoms with Crippen molar-refractivity contribution in [1.82, 2.24) is 25.6 Å². The Morgan fingerprint density at radius 2 is 2.05 bits per heavy atom. The first-order valence-corrected chi connectivity index (χ1v) is 13.0. The maximum absolute atomic E-state index is 13.0. The van der Waals surface area contributed by atoms with E-state index in [0.717, 1.165) is 30.7 Å². The highest BCUT2D eigenvalue weighted by molar-refractivity contribution is 6.08. The first-order chi connectivity index (χ1) is 19.9. The van der Waals surface area contributed by atoms with Crippen LogP contribution in [0.3, 0.4) is 0 Å². The molecule has 0 radical (unpaired) electrons. The third kappa shape index (κ3) is 5.83. The van der Waals surface area contributed by atoms with E-state index in [-0.39, 0.29) is 59.6 Å². The van der Waals surface area contributed by atoms with Crippen LogP contribution in [0.4, 0.5) is 15.8 Å². The molecule has 0 saturated carbocycles. The Hall–Kier alpha value is -4.75. The molecule has 2 saturated heterocycles. The average Bonchev–Trinajstić information content (AvgIpc) is 3.72. The molecule has 0 spiro atoms. The van der Waals surface area contributed by atoms with Gasteiger partial charge >= 0.3 is 5.97 Å². The quantitative estimate of drug-likeness (QED) is 0.233. The number of hydrogen-bond acceptors (Lipinski definition) is 8. The summed E-state index contributed by atoms with van der Waals surface area (Å²) in [4.78, 5) is 48.0. The van der Waals surface area contributed by atoms with E-state index in [2.05, 4.69) is 35.8 Å². The Morgan fingerprint density at radius 1 is 1.19 bits per heavy atom.